The predicted octanol–water partition coefficient (Wildman–Crippen LogP) is 1.55. The number of primary sulfonamides is 1. The van der Waals surface area contributed by atoms with Gasteiger partial charge in [0.2, 0.25) is 10.0 Å². The largest absolute Gasteiger partial charge is 0.496 e. The lowest BCUT2D eigenvalue weighted by atomic mass is 10.1. The fourth-order valence-corrected chi connectivity index (χ4v) is 3.27. The lowest BCUT2D eigenvalue weighted by Gasteiger charge is -2.19. The fourth-order valence-electron chi connectivity index (χ4n) is 2.73. The summed E-state index contributed by atoms with van der Waals surface area (Å²) in [6.45, 7) is 0.543. The zero-order chi connectivity index (χ0) is 16.6. The maximum absolute atomic E-state index is 12.9. The molecule has 0 fully saturated rings. The third kappa shape index (κ3) is 2.80. The highest BCUT2D eigenvalue weighted by Gasteiger charge is 2.28. The lowest BCUT2D eigenvalue weighted by Crippen LogP contribution is -2.29. The maximum atomic E-state index is 12.9. The number of fused-ring (bicyclic) bond motifs is 1. The van der Waals surface area contributed by atoms with Gasteiger partial charge < -0.3 is 9.64 Å². The molecule has 2 N–H and O–H groups in total. The van der Waals surface area contributed by atoms with Crippen LogP contribution in [-0.4, -0.2) is 28.0 Å². The molecule has 0 aromatic heterocycles. The summed E-state index contributed by atoms with van der Waals surface area (Å²) >= 11 is 0. The number of carbonyl (C=O) groups excluding carboxylic acids is 1. The fraction of sp³-hybridized carbons (Fsp3) is 0.188. The van der Waals surface area contributed by atoms with Gasteiger partial charge in [-0.2, -0.15) is 0 Å². The van der Waals surface area contributed by atoms with Gasteiger partial charge in [-0.05, 0) is 36.2 Å². The summed E-state index contributed by atoms with van der Waals surface area (Å²) in [4.78, 5) is 14.4. The van der Waals surface area contributed by atoms with Crippen molar-refractivity contribution in [2.45, 2.75) is 11.3 Å². The van der Waals surface area contributed by atoms with Crippen LogP contribution < -0.4 is 14.8 Å². The van der Waals surface area contributed by atoms with Crippen LogP contribution in [-0.2, 0) is 16.4 Å². The van der Waals surface area contributed by atoms with Gasteiger partial charge >= 0.3 is 0 Å². The van der Waals surface area contributed by atoms with Crippen LogP contribution in [0.2, 0.25) is 0 Å². The van der Waals surface area contributed by atoms with E-state index in [1.54, 1.807) is 4.90 Å². The summed E-state index contributed by atoms with van der Waals surface area (Å²) < 4.78 is 28.3. The molecule has 0 atom stereocenters. The van der Waals surface area contributed by atoms with Crippen LogP contribution in [0.5, 0.6) is 5.75 Å². The minimum atomic E-state index is -3.89. The number of rotatable bonds is 3. The molecule has 0 saturated carbocycles. The van der Waals surface area contributed by atoms with Gasteiger partial charge in [0.1, 0.15) is 5.75 Å². The van der Waals surface area contributed by atoms with Crippen molar-refractivity contribution < 1.29 is 17.9 Å². The monoisotopic (exact) mass is 332 g/mol. The van der Waals surface area contributed by atoms with Gasteiger partial charge in [0.05, 0.1) is 17.6 Å². The molecule has 2 aromatic carbocycles. The van der Waals surface area contributed by atoms with Crippen molar-refractivity contribution in [1.29, 1.82) is 0 Å². The Morgan fingerprint density at radius 2 is 1.96 bits per heavy atom. The number of benzene rings is 2. The van der Waals surface area contributed by atoms with Crippen LogP contribution in [0.4, 0.5) is 5.69 Å². The normalized spacial score (nSPS) is 13.7. The van der Waals surface area contributed by atoms with E-state index in [4.69, 9.17) is 9.88 Å². The summed E-state index contributed by atoms with van der Waals surface area (Å²) in [5.74, 6) is 0.00378. The summed E-state index contributed by atoms with van der Waals surface area (Å²) in [7, 11) is -2.46. The molecule has 1 heterocycles. The summed E-state index contributed by atoms with van der Waals surface area (Å²) in [5, 5.41) is 5.15. The predicted molar refractivity (Wildman–Crippen MR) is 86.2 cm³/mol. The molecule has 0 aliphatic carbocycles. The molecule has 1 aliphatic rings. The Bertz CT molecular complexity index is 877. The molecule has 0 radical (unpaired) electrons. The van der Waals surface area contributed by atoms with Crippen molar-refractivity contribution in [2.75, 3.05) is 18.6 Å². The Kier molecular flexibility index (Phi) is 3.83. The van der Waals surface area contributed by atoms with E-state index in [0.717, 1.165) is 17.7 Å². The van der Waals surface area contributed by atoms with Crippen molar-refractivity contribution in [3.05, 3.63) is 53.6 Å². The number of para-hydroxylation sites is 1. The zero-order valence-corrected chi connectivity index (χ0v) is 13.3. The van der Waals surface area contributed by atoms with Gasteiger partial charge in [0, 0.05) is 12.2 Å². The van der Waals surface area contributed by atoms with Gasteiger partial charge in [-0.3, -0.25) is 4.79 Å². The molecular formula is C16H16N2O4S. The average Bonchev–Trinajstić information content (AvgIpc) is 2.96. The highest BCUT2D eigenvalue weighted by molar-refractivity contribution is 7.89. The van der Waals surface area contributed by atoms with E-state index >= 15 is 0 Å². The van der Waals surface area contributed by atoms with E-state index in [1.165, 1.54) is 25.3 Å². The zero-order valence-electron chi connectivity index (χ0n) is 12.5. The van der Waals surface area contributed by atoms with Crippen molar-refractivity contribution in [2.24, 2.45) is 5.14 Å². The molecule has 0 unspecified atom stereocenters. The van der Waals surface area contributed by atoms with Crippen LogP contribution in [0, 0.1) is 0 Å². The first-order valence-electron chi connectivity index (χ1n) is 7.02. The maximum Gasteiger partial charge on any atom is 0.262 e. The second-order valence-corrected chi connectivity index (χ2v) is 6.80. The number of nitrogens with two attached hydrogens (primary N) is 1. The van der Waals surface area contributed by atoms with Gasteiger partial charge in [0.25, 0.3) is 5.91 Å². The van der Waals surface area contributed by atoms with Gasteiger partial charge in [0.15, 0.2) is 0 Å². The topological polar surface area (TPSA) is 89.7 Å². The molecular weight excluding hydrogens is 316 g/mol. The molecule has 120 valence electrons. The van der Waals surface area contributed by atoms with Crippen molar-refractivity contribution >= 4 is 21.6 Å². The quantitative estimate of drug-likeness (QED) is 0.923. The molecule has 23 heavy (non-hydrogen) atoms. The Hall–Kier alpha value is -2.38. The van der Waals surface area contributed by atoms with Crippen molar-refractivity contribution in [1.82, 2.24) is 0 Å². The molecule has 0 saturated heterocycles. The highest BCUT2D eigenvalue weighted by Crippen LogP contribution is 2.31. The Labute approximate surface area is 134 Å². The van der Waals surface area contributed by atoms with Gasteiger partial charge in [-0.1, -0.05) is 18.2 Å². The number of hydrogen-bond acceptors (Lipinski definition) is 4. The molecule has 2 aromatic rings. The van der Waals surface area contributed by atoms with E-state index < -0.39 is 10.0 Å². The Balaban J connectivity index is 2.06. The third-order valence-corrected chi connectivity index (χ3v) is 4.77. The molecule has 6 nitrogen and oxygen atoms in total. The van der Waals surface area contributed by atoms with Crippen LogP contribution >= 0.6 is 0 Å². The first-order valence-corrected chi connectivity index (χ1v) is 8.57. The minimum absolute atomic E-state index is 0.117. The first kappa shape index (κ1) is 15.5. The summed E-state index contributed by atoms with van der Waals surface area (Å²) in [6, 6.07) is 11.7. The molecule has 0 bridgehead atoms. The van der Waals surface area contributed by atoms with E-state index in [1.807, 2.05) is 24.3 Å². The number of nitrogens with zero attached hydrogens (tertiary/aromatic N) is 1. The molecule has 0 spiro atoms. The van der Waals surface area contributed by atoms with E-state index in [9.17, 15) is 13.2 Å². The number of amides is 1. The molecule has 3 rings (SSSR count). The number of carbonyl (C=O) groups is 1. The van der Waals surface area contributed by atoms with Gasteiger partial charge in [-0.15, -0.1) is 0 Å². The first-order chi connectivity index (χ1) is 10.9. The van der Waals surface area contributed by atoms with Crippen molar-refractivity contribution in [3.8, 4) is 5.75 Å². The van der Waals surface area contributed by atoms with Crippen molar-refractivity contribution in [3.63, 3.8) is 0 Å². The second kappa shape index (κ2) is 5.68. The smallest absolute Gasteiger partial charge is 0.262 e. The van der Waals surface area contributed by atoms with Crippen LogP contribution in [0.1, 0.15) is 15.9 Å². The number of hydrogen-bond donors (Lipinski definition) is 1. The number of ether oxygens (including phenoxy) is 1. The Morgan fingerprint density at radius 1 is 1.22 bits per heavy atom. The molecule has 1 amide bonds. The average molecular weight is 332 g/mol. The standard InChI is InChI=1S/C16H16N2O4S/c1-22-15-7-6-12(23(17,20)21)10-13(15)16(19)18-9-8-11-4-2-3-5-14(11)18/h2-7,10H,8-9H2,1H3,(H2,17,20,21). The molecule has 7 heteroatoms. The Morgan fingerprint density at radius 3 is 2.65 bits per heavy atom. The second-order valence-electron chi connectivity index (χ2n) is 5.24. The third-order valence-electron chi connectivity index (χ3n) is 3.86. The van der Waals surface area contributed by atoms with E-state index in [2.05, 4.69) is 0 Å². The SMILES string of the molecule is COc1ccc(S(N)(=O)=O)cc1C(=O)N1CCc2ccccc21. The van der Waals surface area contributed by atoms with E-state index in [0.29, 0.717) is 12.3 Å². The van der Waals surface area contributed by atoms with Crippen LogP contribution in [0.3, 0.4) is 0 Å². The summed E-state index contributed by atoms with van der Waals surface area (Å²) in [5.41, 5.74) is 2.10. The number of anilines is 1. The van der Waals surface area contributed by atoms with Gasteiger partial charge in [-0.25, -0.2) is 13.6 Å². The lowest BCUT2D eigenvalue weighted by molar-refractivity contribution is 0.0986. The molecule has 1 aliphatic heterocycles. The number of sulfonamides is 1. The van der Waals surface area contributed by atoms with Crippen LogP contribution in [0.25, 0.3) is 0 Å². The number of methoxy groups -OCH3 is 1. The van der Waals surface area contributed by atoms with E-state index in [-0.39, 0.29) is 16.4 Å². The van der Waals surface area contributed by atoms with Crippen LogP contribution in [0.15, 0.2) is 47.4 Å². The highest BCUT2D eigenvalue weighted by atomic mass is 32.2. The summed E-state index contributed by atoms with van der Waals surface area (Å²) in [6.07, 6.45) is 0.763. The minimum Gasteiger partial charge on any atom is -0.496 e.